The maximum Gasteiger partial charge on any atom is 0.219 e. The van der Waals surface area contributed by atoms with Crippen molar-refractivity contribution in [2.75, 3.05) is 31.1 Å². The fourth-order valence-electron chi connectivity index (χ4n) is 1.87. The van der Waals surface area contributed by atoms with Gasteiger partial charge in [0.1, 0.15) is 6.07 Å². The summed E-state index contributed by atoms with van der Waals surface area (Å²) in [6.07, 6.45) is 3.08. The largest absolute Gasteiger partial charge is 0.351 e. The summed E-state index contributed by atoms with van der Waals surface area (Å²) in [7, 11) is 0. The fourth-order valence-corrected chi connectivity index (χ4v) is 1.87. The maximum absolute atomic E-state index is 11.2. The van der Waals surface area contributed by atoms with Crippen LogP contribution in [0.25, 0.3) is 0 Å². The van der Waals surface area contributed by atoms with Gasteiger partial charge in [0, 0.05) is 45.5 Å². The number of aromatic nitrogens is 2. The van der Waals surface area contributed by atoms with E-state index in [-0.39, 0.29) is 5.91 Å². The van der Waals surface area contributed by atoms with Crippen LogP contribution in [-0.2, 0) is 4.79 Å². The summed E-state index contributed by atoms with van der Waals surface area (Å²) in [6, 6.07) is 2.03. The molecule has 0 aromatic carbocycles. The molecule has 1 aromatic rings. The molecule has 1 aliphatic heterocycles. The Bertz CT molecular complexity index is 459. The molecule has 0 atom stereocenters. The number of carbonyl (C=O) groups excluding carboxylic acids is 1. The summed E-state index contributed by atoms with van der Waals surface area (Å²) < 4.78 is 0. The molecule has 17 heavy (non-hydrogen) atoms. The first kappa shape index (κ1) is 11.3. The van der Waals surface area contributed by atoms with Gasteiger partial charge >= 0.3 is 0 Å². The zero-order valence-electron chi connectivity index (χ0n) is 9.63. The quantitative estimate of drug-likeness (QED) is 0.681. The Morgan fingerprint density at radius 1 is 1.29 bits per heavy atom. The molecule has 6 nitrogen and oxygen atoms in total. The highest BCUT2D eigenvalue weighted by atomic mass is 16.2. The SMILES string of the molecule is CC(=O)N1CCN(c2nccnc2C#N)CC1. The Balaban J connectivity index is 2.11. The van der Waals surface area contributed by atoms with Crippen LogP contribution >= 0.6 is 0 Å². The minimum Gasteiger partial charge on any atom is -0.351 e. The lowest BCUT2D eigenvalue weighted by Gasteiger charge is -2.34. The number of nitriles is 1. The molecule has 1 aromatic heterocycles. The number of piperazine rings is 1. The van der Waals surface area contributed by atoms with Crippen molar-refractivity contribution in [3.8, 4) is 6.07 Å². The molecule has 0 unspecified atom stereocenters. The van der Waals surface area contributed by atoms with Crippen LogP contribution in [0, 0.1) is 11.3 Å². The molecule has 0 saturated carbocycles. The number of nitrogens with zero attached hydrogens (tertiary/aromatic N) is 5. The zero-order valence-corrected chi connectivity index (χ0v) is 9.63. The van der Waals surface area contributed by atoms with Gasteiger partial charge in [-0.2, -0.15) is 5.26 Å². The van der Waals surface area contributed by atoms with E-state index in [9.17, 15) is 4.79 Å². The molecule has 0 radical (unpaired) electrons. The lowest BCUT2D eigenvalue weighted by Crippen LogP contribution is -2.48. The van der Waals surface area contributed by atoms with Gasteiger partial charge in [-0.3, -0.25) is 4.79 Å². The van der Waals surface area contributed by atoms with Gasteiger partial charge in [-0.15, -0.1) is 0 Å². The van der Waals surface area contributed by atoms with Gasteiger partial charge < -0.3 is 9.80 Å². The number of hydrogen-bond acceptors (Lipinski definition) is 5. The highest BCUT2D eigenvalue weighted by Crippen LogP contribution is 2.16. The van der Waals surface area contributed by atoms with Crippen LogP contribution in [0.2, 0.25) is 0 Å². The predicted octanol–water partition coefficient (Wildman–Crippen LogP) is 0.0168. The Labute approximate surface area is 99.5 Å². The van der Waals surface area contributed by atoms with E-state index in [0.717, 1.165) is 0 Å². The Kier molecular flexibility index (Phi) is 3.19. The van der Waals surface area contributed by atoms with Crippen molar-refractivity contribution in [3.63, 3.8) is 0 Å². The Hall–Kier alpha value is -2.16. The van der Waals surface area contributed by atoms with Crippen LogP contribution in [0.1, 0.15) is 12.6 Å². The molecule has 1 saturated heterocycles. The average molecular weight is 231 g/mol. The van der Waals surface area contributed by atoms with Gasteiger partial charge in [0.25, 0.3) is 0 Å². The normalized spacial score (nSPS) is 15.5. The molecule has 1 aliphatic rings. The van der Waals surface area contributed by atoms with E-state index in [1.807, 2.05) is 11.0 Å². The summed E-state index contributed by atoms with van der Waals surface area (Å²) in [5.74, 6) is 0.697. The van der Waals surface area contributed by atoms with Crippen molar-refractivity contribution in [2.24, 2.45) is 0 Å². The first-order valence-corrected chi connectivity index (χ1v) is 5.44. The number of anilines is 1. The molecular formula is C11H13N5O. The number of carbonyl (C=O) groups is 1. The number of amides is 1. The predicted molar refractivity (Wildman–Crippen MR) is 61.2 cm³/mol. The summed E-state index contributed by atoms with van der Waals surface area (Å²) in [5.41, 5.74) is 0.337. The lowest BCUT2D eigenvalue weighted by atomic mass is 10.3. The molecule has 2 rings (SSSR count). The van der Waals surface area contributed by atoms with Crippen LogP contribution in [0.5, 0.6) is 0 Å². The summed E-state index contributed by atoms with van der Waals surface area (Å²) in [5, 5.41) is 8.95. The first-order chi connectivity index (χ1) is 8.22. The van der Waals surface area contributed by atoms with E-state index in [2.05, 4.69) is 9.97 Å². The third kappa shape index (κ3) is 2.33. The summed E-state index contributed by atoms with van der Waals surface area (Å²) in [6.45, 7) is 4.27. The van der Waals surface area contributed by atoms with Crippen LogP contribution < -0.4 is 4.90 Å². The molecule has 6 heteroatoms. The molecule has 1 fully saturated rings. The first-order valence-electron chi connectivity index (χ1n) is 5.44. The third-order valence-corrected chi connectivity index (χ3v) is 2.81. The van der Waals surface area contributed by atoms with E-state index in [1.54, 1.807) is 18.0 Å². The van der Waals surface area contributed by atoms with Gasteiger partial charge in [-0.1, -0.05) is 0 Å². The number of rotatable bonds is 1. The van der Waals surface area contributed by atoms with Crippen molar-refractivity contribution >= 4 is 11.7 Å². The van der Waals surface area contributed by atoms with Crippen molar-refractivity contribution in [2.45, 2.75) is 6.92 Å². The van der Waals surface area contributed by atoms with Gasteiger partial charge in [0.05, 0.1) is 0 Å². The summed E-state index contributed by atoms with van der Waals surface area (Å²) >= 11 is 0. The van der Waals surface area contributed by atoms with Crippen LogP contribution in [0.15, 0.2) is 12.4 Å². The topological polar surface area (TPSA) is 73.1 Å². The monoisotopic (exact) mass is 231 g/mol. The second-order valence-electron chi connectivity index (χ2n) is 3.83. The van der Waals surface area contributed by atoms with Crippen molar-refractivity contribution in [3.05, 3.63) is 18.1 Å². The van der Waals surface area contributed by atoms with Gasteiger partial charge in [0.2, 0.25) is 5.91 Å². The molecular weight excluding hydrogens is 218 g/mol. The van der Waals surface area contributed by atoms with E-state index in [0.29, 0.717) is 37.7 Å². The van der Waals surface area contributed by atoms with Crippen LogP contribution in [-0.4, -0.2) is 47.0 Å². The Morgan fingerprint density at radius 3 is 2.53 bits per heavy atom. The minimum atomic E-state index is 0.0873. The van der Waals surface area contributed by atoms with Gasteiger partial charge in [-0.05, 0) is 0 Å². The molecule has 88 valence electrons. The van der Waals surface area contributed by atoms with Crippen LogP contribution in [0.3, 0.4) is 0 Å². The standard InChI is InChI=1S/C11H13N5O/c1-9(17)15-4-6-16(7-5-15)11-10(8-12)13-2-3-14-11/h2-3H,4-7H2,1H3. The second-order valence-corrected chi connectivity index (χ2v) is 3.83. The third-order valence-electron chi connectivity index (χ3n) is 2.81. The smallest absolute Gasteiger partial charge is 0.219 e. The van der Waals surface area contributed by atoms with Gasteiger partial charge in [-0.25, -0.2) is 9.97 Å². The second kappa shape index (κ2) is 4.78. The van der Waals surface area contributed by atoms with Crippen molar-refractivity contribution < 1.29 is 4.79 Å². The molecule has 0 bridgehead atoms. The van der Waals surface area contributed by atoms with Crippen LogP contribution in [0.4, 0.5) is 5.82 Å². The van der Waals surface area contributed by atoms with Crippen molar-refractivity contribution in [1.82, 2.24) is 14.9 Å². The van der Waals surface area contributed by atoms with Crippen molar-refractivity contribution in [1.29, 1.82) is 5.26 Å². The molecule has 2 heterocycles. The van der Waals surface area contributed by atoms with E-state index >= 15 is 0 Å². The summed E-state index contributed by atoms with van der Waals surface area (Å²) in [4.78, 5) is 23.1. The number of hydrogen-bond donors (Lipinski definition) is 0. The van der Waals surface area contributed by atoms with E-state index in [4.69, 9.17) is 5.26 Å². The maximum atomic E-state index is 11.2. The lowest BCUT2D eigenvalue weighted by molar-refractivity contribution is -0.129. The van der Waals surface area contributed by atoms with E-state index < -0.39 is 0 Å². The van der Waals surface area contributed by atoms with E-state index in [1.165, 1.54) is 6.20 Å². The molecule has 0 N–H and O–H groups in total. The highest BCUT2D eigenvalue weighted by Gasteiger charge is 2.21. The average Bonchev–Trinajstić information content (AvgIpc) is 2.39. The highest BCUT2D eigenvalue weighted by molar-refractivity contribution is 5.73. The Morgan fingerprint density at radius 2 is 1.94 bits per heavy atom. The zero-order chi connectivity index (χ0) is 12.3. The molecule has 0 aliphatic carbocycles. The molecule has 0 spiro atoms. The molecule has 1 amide bonds. The van der Waals surface area contributed by atoms with Gasteiger partial charge in [0.15, 0.2) is 11.5 Å². The minimum absolute atomic E-state index is 0.0873. The fraction of sp³-hybridized carbons (Fsp3) is 0.455.